The molecule has 25 heavy (non-hydrogen) atoms. The van der Waals surface area contributed by atoms with E-state index < -0.39 is 57.5 Å². The third-order valence-corrected chi connectivity index (χ3v) is 7.00. The lowest BCUT2D eigenvalue weighted by molar-refractivity contribution is -0.330. The second kappa shape index (κ2) is 4.72. The molecule has 2 rings (SSSR count). The normalized spacial score (nSPS) is 64.5. The van der Waals surface area contributed by atoms with Crippen LogP contribution in [0, 0.1) is 5.92 Å². The van der Waals surface area contributed by atoms with Crippen LogP contribution >= 0.6 is 0 Å². The van der Waals surface area contributed by atoms with Crippen molar-refractivity contribution in [2.45, 2.75) is 65.5 Å². The third kappa shape index (κ3) is 1.79. The van der Waals surface area contributed by atoms with Crippen molar-refractivity contribution in [3.8, 4) is 0 Å². The Balaban J connectivity index is 2.96. The summed E-state index contributed by atoms with van der Waals surface area (Å²) in [4.78, 5) is 0. The first kappa shape index (κ1) is 20.9. The van der Waals surface area contributed by atoms with Crippen LogP contribution in [0.2, 0.25) is 5.82 Å². The standard InChI is InChI=1S/C12H17B4F9/c1-6(18)4(13)3-8(14,20)5(17)10(22,23)12(16,25)9(3,21)11(15,24)7(6,2)19/h3-5H,13-16H2,1-2H3. The molecule has 0 spiro atoms. The SMILES string of the molecule is BC1C2C(B)(F)C(F)C(F)(F)C(B)(F)C2(F)C(B)(F)C(C)(F)C1(C)F. The van der Waals surface area contributed by atoms with Crippen LogP contribution in [-0.2, 0) is 0 Å². The van der Waals surface area contributed by atoms with Crippen molar-refractivity contribution in [3.63, 3.8) is 0 Å². The highest BCUT2D eigenvalue weighted by Crippen LogP contribution is 2.72. The molecule has 2 aliphatic carbocycles. The molecule has 0 saturated heterocycles. The minimum Gasteiger partial charge on any atom is -0.250 e. The summed E-state index contributed by atoms with van der Waals surface area (Å²) >= 11 is 0. The maximum Gasteiger partial charge on any atom is 0.309 e. The second-order valence-electron chi connectivity index (χ2n) is 8.20. The average Bonchev–Trinajstić information content (AvgIpc) is 2.42. The molecule has 9 atom stereocenters. The van der Waals surface area contributed by atoms with Gasteiger partial charge in [-0.2, -0.15) is 0 Å². The van der Waals surface area contributed by atoms with E-state index in [2.05, 4.69) is 0 Å². The molecule has 2 aliphatic rings. The lowest BCUT2D eigenvalue weighted by Gasteiger charge is -2.68. The maximum absolute atomic E-state index is 15.8. The largest absolute Gasteiger partial charge is 0.309 e. The number of fused-ring (bicyclic) bond motifs is 1. The molecule has 13 heteroatoms. The van der Waals surface area contributed by atoms with Crippen molar-refractivity contribution in [1.29, 1.82) is 0 Å². The highest BCUT2D eigenvalue weighted by atomic mass is 19.3. The molecule has 0 aromatic rings. The zero-order valence-electron chi connectivity index (χ0n) is 14.6. The maximum atomic E-state index is 15.8. The molecular formula is C12H17B4F9. The highest BCUT2D eigenvalue weighted by molar-refractivity contribution is 6.24. The molecule has 0 aliphatic heterocycles. The summed E-state index contributed by atoms with van der Waals surface area (Å²) in [5.74, 6) is -10.3. The third-order valence-electron chi connectivity index (χ3n) is 7.00. The van der Waals surface area contributed by atoms with E-state index in [1.165, 1.54) is 0 Å². The molecule has 0 aromatic carbocycles. The quantitative estimate of drug-likeness (QED) is 0.416. The van der Waals surface area contributed by atoms with Gasteiger partial charge >= 0.3 is 5.92 Å². The Morgan fingerprint density at radius 2 is 1.16 bits per heavy atom. The predicted octanol–water partition coefficient (Wildman–Crippen LogP) is 0.0862. The van der Waals surface area contributed by atoms with E-state index in [-0.39, 0.29) is 30.5 Å². The number of rotatable bonds is 0. The van der Waals surface area contributed by atoms with Gasteiger partial charge in [0.2, 0.25) is 0 Å². The Hall–Kier alpha value is -0.370. The van der Waals surface area contributed by atoms with Gasteiger partial charge in [-0.3, -0.25) is 4.39 Å². The van der Waals surface area contributed by atoms with Gasteiger partial charge in [0.05, 0.1) is 0 Å². The molecule has 0 aromatic heterocycles. The van der Waals surface area contributed by atoms with Gasteiger partial charge in [0.25, 0.3) is 0 Å². The van der Waals surface area contributed by atoms with Gasteiger partial charge < -0.3 is 0 Å². The van der Waals surface area contributed by atoms with Crippen LogP contribution in [0.3, 0.4) is 0 Å². The van der Waals surface area contributed by atoms with Crippen molar-refractivity contribution in [1.82, 2.24) is 0 Å². The lowest BCUT2D eigenvalue weighted by atomic mass is 9.31. The summed E-state index contributed by atoms with van der Waals surface area (Å²) in [7, 11) is 0.870. The van der Waals surface area contributed by atoms with Crippen LogP contribution in [0.4, 0.5) is 39.5 Å². The molecule has 0 bridgehead atoms. The Labute approximate surface area is 143 Å². The summed E-state index contributed by atoms with van der Waals surface area (Å²) in [5, 5.41) is 0. The zero-order valence-corrected chi connectivity index (χ0v) is 14.6. The number of alkyl halides is 9. The molecule has 0 N–H and O–H groups in total. The summed E-state index contributed by atoms with van der Waals surface area (Å²) in [6.45, 7) is 0.771. The first-order chi connectivity index (χ1) is 10.7. The summed E-state index contributed by atoms with van der Waals surface area (Å²) in [6.07, 6.45) is -3.87. The van der Waals surface area contributed by atoms with Gasteiger partial charge in [-0.15, -0.1) is 0 Å². The summed E-state index contributed by atoms with van der Waals surface area (Å²) in [6, 6.07) is 0. The monoisotopic (exact) mass is 376 g/mol. The van der Waals surface area contributed by atoms with Gasteiger partial charge in [-0.25, -0.2) is 35.1 Å². The minimum absolute atomic E-state index is 0.0757. The van der Waals surface area contributed by atoms with E-state index in [1.54, 1.807) is 0 Å². The average molecular weight is 375 g/mol. The van der Waals surface area contributed by atoms with Crippen LogP contribution in [0.25, 0.3) is 0 Å². The molecule has 0 radical (unpaired) electrons. The summed E-state index contributed by atoms with van der Waals surface area (Å²) in [5.41, 5.74) is -24.3. The van der Waals surface area contributed by atoms with Crippen LogP contribution < -0.4 is 0 Å². The fraction of sp³-hybridized carbons (Fsp3) is 1.00. The van der Waals surface area contributed by atoms with Crippen molar-refractivity contribution in [3.05, 3.63) is 0 Å². The van der Waals surface area contributed by atoms with E-state index >= 15 is 17.6 Å². The van der Waals surface area contributed by atoms with Crippen LogP contribution in [0.15, 0.2) is 0 Å². The first-order valence-corrected chi connectivity index (χ1v) is 7.83. The van der Waals surface area contributed by atoms with Crippen molar-refractivity contribution in [2.75, 3.05) is 0 Å². The van der Waals surface area contributed by atoms with Gasteiger partial charge in [0.1, 0.15) is 24.7 Å². The van der Waals surface area contributed by atoms with Crippen molar-refractivity contribution in [2.24, 2.45) is 5.92 Å². The van der Waals surface area contributed by atoms with E-state index in [0.29, 0.717) is 6.92 Å². The van der Waals surface area contributed by atoms with Crippen molar-refractivity contribution >= 4 is 31.4 Å². The Morgan fingerprint density at radius 3 is 1.56 bits per heavy atom. The molecule has 140 valence electrons. The minimum atomic E-state index is -5.31. The van der Waals surface area contributed by atoms with Crippen molar-refractivity contribution < 1.29 is 39.5 Å². The van der Waals surface area contributed by atoms with Gasteiger partial charge in [-0.05, 0) is 19.7 Å². The number of hydrogen-bond acceptors (Lipinski definition) is 0. The van der Waals surface area contributed by atoms with Gasteiger partial charge in [0, 0.05) is 5.92 Å². The molecule has 0 amide bonds. The Morgan fingerprint density at radius 1 is 0.760 bits per heavy atom. The van der Waals surface area contributed by atoms with Gasteiger partial charge in [0.15, 0.2) is 46.6 Å². The zero-order chi connectivity index (χ0) is 20.2. The molecule has 9 unspecified atom stereocenters. The molecular weight excluding hydrogens is 358 g/mol. The van der Waals surface area contributed by atoms with Crippen LogP contribution in [0.5, 0.6) is 0 Å². The molecule has 0 nitrogen and oxygen atoms in total. The highest BCUT2D eigenvalue weighted by Gasteiger charge is 2.91. The molecule has 0 heterocycles. The van der Waals surface area contributed by atoms with Crippen LogP contribution in [-0.4, -0.2) is 77.2 Å². The van der Waals surface area contributed by atoms with E-state index in [4.69, 9.17) is 0 Å². The predicted molar refractivity (Wildman–Crippen MR) is 85.6 cm³/mol. The molecule has 2 saturated carbocycles. The van der Waals surface area contributed by atoms with E-state index in [0.717, 1.165) is 7.85 Å². The Bertz CT molecular complexity index is 591. The van der Waals surface area contributed by atoms with E-state index in [1.807, 2.05) is 0 Å². The van der Waals surface area contributed by atoms with Crippen LogP contribution in [0.1, 0.15) is 13.8 Å². The molecule has 2 fully saturated rings. The lowest BCUT2D eigenvalue weighted by Crippen LogP contribution is -2.90. The smallest absolute Gasteiger partial charge is 0.250 e. The van der Waals surface area contributed by atoms with Gasteiger partial charge in [-0.1, -0.05) is 0 Å². The second-order valence-corrected chi connectivity index (χ2v) is 8.20. The topological polar surface area (TPSA) is 0 Å². The number of hydrogen-bond donors (Lipinski definition) is 0. The Kier molecular flexibility index (Phi) is 3.95. The fourth-order valence-electron chi connectivity index (χ4n) is 4.78. The first-order valence-electron chi connectivity index (χ1n) is 7.83. The fourth-order valence-corrected chi connectivity index (χ4v) is 4.78. The summed E-state index contributed by atoms with van der Waals surface area (Å²) < 4.78 is 134. The van der Waals surface area contributed by atoms with E-state index in [9.17, 15) is 22.0 Å². The number of halogens is 9.